The van der Waals surface area contributed by atoms with Crippen LogP contribution < -0.4 is 10.6 Å². The van der Waals surface area contributed by atoms with Gasteiger partial charge in [-0.05, 0) is 49.5 Å². The smallest absolute Gasteiger partial charge is 0.341 e. The Morgan fingerprint density at radius 2 is 1.64 bits per heavy atom. The van der Waals surface area contributed by atoms with Gasteiger partial charge in [-0.25, -0.2) is 4.79 Å². The number of thiocarbonyl (C=S) groups is 1. The van der Waals surface area contributed by atoms with E-state index in [4.69, 9.17) is 17.0 Å². The van der Waals surface area contributed by atoms with Crippen molar-refractivity contribution in [1.82, 2.24) is 0 Å². The summed E-state index contributed by atoms with van der Waals surface area (Å²) in [6.07, 6.45) is 3.88. The van der Waals surface area contributed by atoms with Crippen molar-refractivity contribution in [3.8, 4) is 0 Å². The average Bonchev–Trinajstić information content (AvgIpc) is 3.19. The third-order valence-electron chi connectivity index (χ3n) is 5.99. The highest BCUT2D eigenvalue weighted by Gasteiger charge is 2.32. The second-order valence-corrected chi connectivity index (χ2v) is 9.43. The van der Waals surface area contributed by atoms with Gasteiger partial charge in [0.2, 0.25) is 0 Å². The summed E-state index contributed by atoms with van der Waals surface area (Å²) >= 11 is 7.03. The Kier molecular flexibility index (Phi) is 5.55. The number of carbonyl (C=O) groups is 3. The number of anilines is 2. The molecule has 0 unspecified atom stereocenters. The molecule has 8 heteroatoms. The van der Waals surface area contributed by atoms with E-state index in [1.807, 2.05) is 0 Å². The van der Waals surface area contributed by atoms with Gasteiger partial charge in [0.05, 0.1) is 23.9 Å². The number of benzene rings is 2. The van der Waals surface area contributed by atoms with Gasteiger partial charge >= 0.3 is 5.97 Å². The second-order valence-electron chi connectivity index (χ2n) is 7.92. The molecular weight excluding hydrogens is 456 g/mol. The molecule has 2 aliphatic rings. The molecule has 0 spiro atoms. The summed E-state index contributed by atoms with van der Waals surface area (Å²) < 4.78 is 5.02. The van der Waals surface area contributed by atoms with E-state index in [9.17, 15) is 14.4 Å². The minimum Gasteiger partial charge on any atom is -0.465 e. The zero-order valence-electron chi connectivity index (χ0n) is 17.8. The molecule has 2 aliphatic carbocycles. The van der Waals surface area contributed by atoms with Crippen molar-refractivity contribution in [2.24, 2.45) is 0 Å². The molecule has 6 nitrogen and oxygen atoms in total. The largest absolute Gasteiger partial charge is 0.465 e. The van der Waals surface area contributed by atoms with E-state index in [-0.39, 0.29) is 16.7 Å². The topological polar surface area (TPSA) is 84.5 Å². The molecular formula is C25H20N2O4S2. The van der Waals surface area contributed by atoms with Crippen molar-refractivity contribution >= 4 is 56.9 Å². The minimum atomic E-state index is -0.394. The summed E-state index contributed by atoms with van der Waals surface area (Å²) in [5.41, 5.74) is 3.41. The molecule has 0 saturated carbocycles. The van der Waals surface area contributed by atoms with Crippen molar-refractivity contribution in [3.05, 3.63) is 80.7 Å². The van der Waals surface area contributed by atoms with Crippen LogP contribution in [0, 0.1) is 0 Å². The number of fused-ring (bicyclic) bond motifs is 3. The Balaban J connectivity index is 1.46. The van der Waals surface area contributed by atoms with Gasteiger partial charge in [0.15, 0.2) is 16.7 Å². The lowest BCUT2D eigenvalue weighted by Gasteiger charge is -2.21. The number of ether oxygens (including phenoxy) is 1. The SMILES string of the molecule is COC(=O)c1c(NC(=S)Nc2cccc3c2C(=O)c2ccccc2C3=O)sc2c1CCCC2. The van der Waals surface area contributed by atoms with Crippen LogP contribution >= 0.6 is 23.6 Å². The summed E-state index contributed by atoms with van der Waals surface area (Å²) in [5.74, 6) is -0.816. The Labute approximate surface area is 200 Å². The van der Waals surface area contributed by atoms with Crippen molar-refractivity contribution in [2.45, 2.75) is 25.7 Å². The predicted octanol–water partition coefficient (Wildman–Crippen LogP) is 5.00. The molecule has 0 atom stereocenters. The van der Waals surface area contributed by atoms with Crippen LogP contribution in [0.4, 0.5) is 10.7 Å². The van der Waals surface area contributed by atoms with Gasteiger partial charge in [-0.3, -0.25) is 9.59 Å². The molecule has 166 valence electrons. The first-order chi connectivity index (χ1) is 16.0. The summed E-state index contributed by atoms with van der Waals surface area (Å²) in [7, 11) is 1.37. The van der Waals surface area contributed by atoms with Crippen LogP contribution in [0.5, 0.6) is 0 Å². The van der Waals surface area contributed by atoms with E-state index in [0.29, 0.717) is 38.5 Å². The van der Waals surface area contributed by atoms with Crippen LogP contribution in [-0.4, -0.2) is 29.8 Å². The summed E-state index contributed by atoms with van der Waals surface area (Å²) in [6.45, 7) is 0. The van der Waals surface area contributed by atoms with Crippen LogP contribution in [0.25, 0.3) is 0 Å². The third-order valence-corrected chi connectivity index (χ3v) is 7.40. The molecule has 3 aromatic rings. The monoisotopic (exact) mass is 476 g/mol. The Morgan fingerprint density at radius 3 is 2.39 bits per heavy atom. The molecule has 2 N–H and O–H groups in total. The van der Waals surface area contributed by atoms with Crippen LogP contribution in [0.2, 0.25) is 0 Å². The number of carbonyl (C=O) groups excluding carboxylic acids is 3. The number of methoxy groups -OCH3 is 1. The maximum Gasteiger partial charge on any atom is 0.341 e. The standard InChI is InChI=1S/C25H20N2O4S2/c1-31-24(30)20-15-9-4-5-12-18(15)33-23(20)27-25(32)26-17-11-6-10-16-19(17)22(29)14-8-3-2-7-13(14)21(16)28/h2-3,6-8,10-11H,4-5,9,12H2,1H3,(H2,26,27,32). The first kappa shape index (κ1) is 21.5. The Morgan fingerprint density at radius 1 is 0.939 bits per heavy atom. The fraction of sp³-hybridized carbons (Fsp3) is 0.200. The highest BCUT2D eigenvalue weighted by molar-refractivity contribution is 7.80. The van der Waals surface area contributed by atoms with E-state index in [2.05, 4.69) is 10.6 Å². The molecule has 0 aliphatic heterocycles. The van der Waals surface area contributed by atoms with Crippen LogP contribution in [-0.2, 0) is 17.6 Å². The molecule has 33 heavy (non-hydrogen) atoms. The van der Waals surface area contributed by atoms with E-state index in [0.717, 1.165) is 31.2 Å². The van der Waals surface area contributed by atoms with Gasteiger partial charge in [-0.1, -0.05) is 36.4 Å². The minimum absolute atomic E-state index is 0.193. The van der Waals surface area contributed by atoms with E-state index in [1.54, 1.807) is 42.5 Å². The first-order valence-electron chi connectivity index (χ1n) is 10.6. The van der Waals surface area contributed by atoms with Gasteiger partial charge in [0.1, 0.15) is 5.00 Å². The number of hydrogen-bond donors (Lipinski definition) is 2. The maximum absolute atomic E-state index is 13.2. The number of nitrogens with one attached hydrogen (secondary N) is 2. The number of thiophene rings is 1. The Hall–Kier alpha value is -3.36. The third kappa shape index (κ3) is 3.65. The van der Waals surface area contributed by atoms with Crippen LogP contribution in [0.1, 0.15) is 65.5 Å². The van der Waals surface area contributed by atoms with Crippen molar-refractivity contribution in [3.63, 3.8) is 0 Å². The van der Waals surface area contributed by atoms with Crippen LogP contribution in [0.3, 0.4) is 0 Å². The summed E-state index contributed by atoms with van der Waals surface area (Å²) in [4.78, 5) is 39.8. The quantitative estimate of drug-likeness (QED) is 0.318. The van der Waals surface area contributed by atoms with Crippen molar-refractivity contribution < 1.29 is 19.1 Å². The maximum atomic E-state index is 13.2. The molecule has 0 saturated heterocycles. The number of hydrogen-bond acceptors (Lipinski definition) is 6. The lowest BCUT2D eigenvalue weighted by Crippen LogP contribution is -2.25. The molecule has 2 aromatic carbocycles. The zero-order valence-corrected chi connectivity index (χ0v) is 19.5. The second kappa shape index (κ2) is 8.53. The fourth-order valence-corrected chi connectivity index (χ4v) is 6.04. The Bertz CT molecular complexity index is 1340. The number of rotatable bonds is 3. The fourth-order valence-electron chi connectivity index (χ4n) is 4.48. The highest BCUT2D eigenvalue weighted by Crippen LogP contribution is 2.39. The van der Waals surface area contributed by atoms with Gasteiger partial charge in [-0.2, -0.15) is 0 Å². The first-order valence-corrected chi connectivity index (χ1v) is 11.8. The van der Waals surface area contributed by atoms with Gasteiger partial charge in [0.25, 0.3) is 0 Å². The number of ketones is 2. The van der Waals surface area contributed by atoms with Crippen LogP contribution in [0.15, 0.2) is 42.5 Å². The van der Waals surface area contributed by atoms with Gasteiger partial charge in [-0.15, -0.1) is 11.3 Å². The number of aryl methyl sites for hydroxylation is 1. The molecule has 0 radical (unpaired) electrons. The molecule has 1 heterocycles. The number of esters is 1. The molecule has 5 rings (SSSR count). The lowest BCUT2D eigenvalue weighted by atomic mass is 9.83. The molecule has 1 aromatic heterocycles. The van der Waals surface area contributed by atoms with Gasteiger partial charge in [0, 0.05) is 21.6 Å². The van der Waals surface area contributed by atoms with Crippen molar-refractivity contribution in [2.75, 3.05) is 17.7 Å². The molecule has 0 amide bonds. The normalized spacial score (nSPS) is 14.1. The van der Waals surface area contributed by atoms with Gasteiger partial charge < -0.3 is 15.4 Å². The lowest BCUT2D eigenvalue weighted by molar-refractivity contribution is 0.0600. The zero-order chi connectivity index (χ0) is 23.1. The molecule has 0 fully saturated rings. The summed E-state index contributed by atoms with van der Waals surface area (Å²) in [5, 5.41) is 7.05. The van der Waals surface area contributed by atoms with E-state index in [1.165, 1.54) is 23.3 Å². The van der Waals surface area contributed by atoms with Crippen molar-refractivity contribution in [1.29, 1.82) is 0 Å². The summed E-state index contributed by atoms with van der Waals surface area (Å²) in [6, 6.07) is 11.9. The predicted molar refractivity (Wildman–Crippen MR) is 132 cm³/mol. The highest BCUT2D eigenvalue weighted by atomic mass is 32.1. The van der Waals surface area contributed by atoms with E-state index >= 15 is 0 Å². The average molecular weight is 477 g/mol. The van der Waals surface area contributed by atoms with E-state index < -0.39 is 5.97 Å². The molecule has 0 bridgehead atoms.